The summed E-state index contributed by atoms with van der Waals surface area (Å²) < 4.78 is 0. The molecule has 0 aromatic heterocycles. The second kappa shape index (κ2) is 5.17. The van der Waals surface area contributed by atoms with Gasteiger partial charge in [-0.2, -0.15) is 0 Å². The fourth-order valence-electron chi connectivity index (χ4n) is 0.622. The van der Waals surface area contributed by atoms with Crippen molar-refractivity contribution in [1.82, 2.24) is 0 Å². The Kier molecular flexibility index (Phi) is 4.93. The molecule has 0 bridgehead atoms. The van der Waals surface area contributed by atoms with Crippen LogP contribution in [0.5, 0.6) is 0 Å². The van der Waals surface area contributed by atoms with Crippen LogP contribution >= 0.6 is 0 Å². The topological polar surface area (TPSA) is 0 Å². The van der Waals surface area contributed by atoms with Crippen molar-refractivity contribution in [2.24, 2.45) is 11.8 Å². The summed E-state index contributed by atoms with van der Waals surface area (Å²) in [6.07, 6.45) is 6.57. The van der Waals surface area contributed by atoms with Crippen molar-refractivity contribution in [2.75, 3.05) is 0 Å². The van der Waals surface area contributed by atoms with Gasteiger partial charge in [-0.1, -0.05) is 51.5 Å². The highest BCUT2D eigenvalue weighted by Gasteiger charge is 1.92. The molecule has 0 aliphatic rings. The van der Waals surface area contributed by atoms with Gasteiger partial charge in [0.15, 0.2) is 0 Å². The molecule has 0 heterocycles. The normalized spacial score (nSPS) is 13.9. The van der Waals surface area contributed by atoms with Crippen LogP contribution in [0.1, 0.15) is 34.6 Å². The smallest absolute Gasteiger partial charge is 0.0260 e. The maximum Gasteiger partial charge on any atom is -0.0260 e. The maximum absolute atomic E-state index is 2.22. The number of hydrogen-bond donors (Lipinski definition) is 0. The zero-order valence-corrected chi connectivity index (χ0v) is 8.39. The summed E-state index contributed by atoms with van der Waals surface area (Å²) in [5.74, 6) is 1.33. The van der Waals surface area contributed by atoms with Crippen molar-refractivity contribution in [3.8, 4) is 0 Å². The van der Waals surface area contributed by atoms with E-state index in [9.17, 15) is 0 Å². The molecule has 0 radical (unpaired) electrons. The molecule has 64 valence electrons. The highest BCUT2D eigenvalue weighted by molar-refractivity contribution is 5.12. The molecule has 0 heteroatoms. The minimum absolute atomic E-state index is 0.659. The molecule has 0 aliphatic heterocycles. The van der Waals surface area contributed by atoms with Crippen LogP contribution in [-0.4, -0.2) is 0 Å². The summed E-state index contributed by atoms with van der Waals surface area (Å²) in [7, 11) is 0. The SMILES string of the molecule is C/C(=C\C=C\C(C)C)C(C)C. The Bertz CT molecular complexity index is 147. The van der Waals surface area contributed by atoms with E-state index in [1.807, 2.05) is 0 Å². The van der Waals surface area contributed by atoms with Gasteiger partial charge in [-0.25, -0.2) is 0 Å². The second-order valence-corrected chi connectivity index (χ2v) is 3.69. The van der Waals surface area contributed by atoms with Gasteiger partial charge in [0.2, 0.25) is 0 Å². The number of allylic oxidation sites excluding steroid dienone is 4. The minimum atomic E-state index is 0.659. The Morgan fingerprint density at radius 2 is 1.64 bits per heavy atom. The summed E-state index contributed by atoms with van der Waals surface area (Å²) in [5, 5.41) is 0. The molecule has 0 unspecified atom stereocenters. The molecule has 0 amide bonds. The first-order valence-electron chi connectivity index (χ1n) is 4.39. The molecular weight excluding hydrogens is 132 g/mol. The third-order valence-corrected chi connectivity index (χ3v) is 1.77. The summed E-state index contributed by atoms with van der Waals surface area (Å²) in [6.45, 7) is 11.0. The zero-order valence-electron chi connectivity index (χ0n) is 8.39. The lowest BCUT2D eigenvalue weighted by Crippen LogP contribution is -1.86. The van der Waals surface area contributed by atoms with Gasteiger partial charge in [0.1, 0.15) is 0 Å². The van der Waals surface area contributed by atoms with Gasteiger partial charge in [0.05, 0.1) is 0 Å². The summed E-state index contributed by atoms with van der Waals surface area (Å²) in [6, 6.07) is 0. The van der Waals surface area contributed by atoms with E-state index in [0.717, 1.165) is 0 Å². The van der Waals surface area contributed by atoms with E-state index in [2.05, 4.69) is 52.8 Å². The third-order valence-electron chi connectivity index (χ3n) is 1.77. The Morgan fingerprint density at radius 1 is 1.09 bits per heavy atom. The van der Waals surface area contributed by atoms with Gasteiger partial charge in [-0.3, -0.25) is 0 Å². The molecule has 0 atom stereocenters. The van der Waals surface area contributed by atoms with Crippen molar-refractivity contribution in [3.05, 3.63) is 23.8 Å². The predicted octanol–water partition coefficient (Wildman–Crippen LogP) is 3.80. The highest BCUT2D eigenvalue weighted by Crippen LogP contribution is 2.07. The van der Waals surface area contributed by atoms with Gasteiger partial charge in [-0.15, -0.1) is 0 Å². The summed E-state index contributed by atoms with van der Waals surface area (Å²) in [4.78, 5) is 0. The lowest BCUT2D eigenvalue weighted by molar-refractivity contribution is 0.768. The van der Waals surface area contributed by atoms with Gasteiger partial charge in [-0.05, 0) is 18.8 Å². The first kappa shape index (κ1) is 10.5. The fraction of sp³-hybridized carbons (Fsp3) is 0.636. The molecule has 0 aromatic carbocycles. The largest absolute Gasteiger partial charge is 0.0820 e. The van der Waals surface area contributed by atoms with Gasteiger partial charge in [0.25, 0.3) is 0 Å². The maximum atomic E-state index is 2.22. The minimum Gasteiger partial charge on any atom is -0.0820 e. The Labute approximate surface area is 71.0 Å². The van der Waals surface area contributed by atoms with Crippen LogP contribution in [0.15, 0.2) is 23.8 Å². The molecule has 11 heavy (non-hydrogen) atoms. The van der Waals surface area contributed by atoms with E-state index in [0.29, 0.717) is 11.8 Å². The van der Waals surface area contributed by atoms with E-state index in [1.54, 1.807) is 0 Å². The van der Waals surface area contributed by atoms with Crippen molar-refractivity contribution < 1.29 is 0 Å². The Hall–Kier alpha value is -0.520. The van der Waals surface area contributed by atoms with E-state index in [4.69, 9.17) is 0 Å². The van der Waals surface area contributed by atoms with Gasteiger partial charge >= 0.3 is 0 Å². The monoisotopic (exact) mass is 152 g/mol. The average molecular weight is 152 g/mol. The molecule has 0 spiro atoms. The van der Waals surface area contributed by atoms with E-state index in [-0.39, 0.29) is 0 Å². The molecule has 0 fully saturated rings. The molecule has 0 rings (SSSR count). The highest BCUT2D eigenvalue weighted by atomic mass is 14.0. The van der Waals surface area contributed by atoms with Crippen LogP contribution in [0, 0.1) is 11.8 Å². The standard InChI is InChI=1S/C11H20/c1-9(2)7-6-8-11(5)10(3)4/h6-10H,1-5H3/b7-6+,11-8+. The molecule has 0 saturated carbocycles. The van der Waals surface area contributed by atoms with Crippen LogP contribution in [0.25, 0.3) is 0 Å². The predicted molar refractivity (Wildman–Crippen MR) is 52.6 cm³/mol. The van der Waals surface area contributed by atoms with E-state index in [1.165, 1.54) is 5.57 Å². The molecule has 0 aliphatic carbocycles. The van der Waals surface area contributed by atoms with Gasteiger partial charge < -0.3 is 0 Å². The van der Waals surface area contributed by atoms with E-state index < -0.39 is 0 Å². The van der Waals surface area contributed by atoms with Crippen molar-refractivity contribution >= 4 is 0 Å². The quantitative estimate of drug-likeness (QED) is 0.539. The Balaban J connectivity index is 3.91. The summed E-state index contributed by atoms with van der Waals surface area (Å²) >= 11 is 0. The number of hydrogen-bond acceptors (Lipinski definition) is 0. The lowest BCUT2D eigenvalue weighted by atomic mass is 10.0. The lowest BCUT2D eigenvalue weighted by Gasteiger charge is -2.01. The van der Waals surface area contributed by atoms with Crippen LogP contribution in [0.2, 0.25) is 0 Å². The van der Waals surface area contributed by atoms with Crippen molar-refractivity contribution in [1.29, 1.82) is 0 Å². The number of rotatable bonds is 3. The first-order chi connectivity index (χ1) is 5.04. The molecule has 0 N–H and O–H groups in total. The van der Waals surface area contributed by atoms with Crippen LogP contribution < -0.4 is 0 Å². The molecule has 0 aromatic rings. The van der Waals surface area contributed by atoms with Crippen molar-refractivity contribution in [3.63, 3.8) is 0 Å². The zero-order chi connectivity index (χ0) is 8.85. The molecule has 0 saturated heterocycles. The van der Waals surface area contributed by atoms with Crippen LogP contribution in [0.3, 0.4) is 0 Å². The average Bonchev–Trinajstić information content (AvgIpc) is 1.86. The third kappa shape index (κ3) is 5.90. The van der Waals surface area contributed by atoms with Crippen molar-refractivity contribution in [2.45, 2.75) is 34.6 Å². The molecule has 0 nitrogen and oxygen atoms in total. The van der Waals surface area contributed by atoms with E-state index >= 15 is 0 Å². The first-order valence-corrected chi connectivity index (χ1v) is 4.39. The van der Waals surface area contributed by atoms with Gasteiger partial charge in [0, 0.05) is 0 Å². The Morgan fingerprint density at radius 3 is 2.00 bits per heavy atom. The second-order valence-electron chi connectivity index (χ2n) is 3.69. The summed E-state index contributed by atoms with van der Waals surface area (Å²) in [5.41, 5.74) is 1.45. The van der Waals surface area contributed by atoms with Crippen LogP contribution in [0.4, 0.5) is 0 Å². The molecular formula is C11H20. The van der Waals surface area contributed by atoms with Crippen LogP contribution in [-0.2, 0) is 0 Å². The fourth-order valence-corrected chi connectivity index (χ4v) is 0.622.